The van der Waals surface area contributed by atoms with Crippen molar-refractivity contribution in [1.29, 1.82) is 0 Å². The molecule has 0 aromatic rings. The summed E-state index contributed by atoms with van der Waals surface area (Å²) in [5, 5.41) is 0. The Kier molecular flexibility index (Phi) is 1.69. The van der Waals surface area contributed by atoms with Gasteiger partial charge in [0, 0.05) is 6.61 Å². The quantitative estimate of drug-likeness (QED) is 0.523. The van der Waals surface area contributed by atoms with Gasteiger partial charge in [-0.3, -0.25) is 0 Å². The second kappa shape index (κ2) is 2.31. The van der Waals surface area contributed by atoms with Crippen molar-refractivity contribution in [3.63, 3.8) is 0 Å². The standard InChI is InChI=1S/C6H11O/c1-2-5-7-6-3-4-6/h2-5H2,1H3. The van der Waals surface area contributed by atoms with Gasteiger partial charge in [-0.1, -0.05) is 6.92 Å². The van der Waals surface area contributed by atoms with Gasteiger partial charge in [0.15, 0.2) is 0 Å². The fourth-order valence-electron chi connectivity index (χ4n) is 0.442. The molecule has 1 heteroatoms. The van der Waals surface area contributed by atoms with E-state index in [0.29, 0.717) is 0 Å². The maximum atomic E-state index is 5.22. The first-order chi connectivity index (χ1) is 3.43. The molecule has 1 aliphatic carbocycles. The van der Waals surface area contributed by atoms with Crippen LogP contribution < -0.4 is 0 Å². The van der Waals surface area contributed by atoms with E-state index in [1.807, 2.05) is 0 Å². The molecule has 0 saturated heterocycles. The van der Waals surface area contributed by atoms with Crippen LogP contribution in [0.25, 0.3) is 0 Å². The van der Waals surface area contributed by atoms with Crippen molar-refractivity contribution in [2.45, 2.75) is 26.2 Å². The average Bonchev–Trinajstić information content (AvgIpc) is 2.42. The minimum Gasteiger partial charge on any atom is -0.372 e. The van der Waals surface area contributed by atoms with Gasteiger partial charge in [-0.05, 0) is 19.3 Å². The Morgan fingerprint density at radius 2 is 2.29 bits per heavy atom. The molecule has 1 nitrogen and oxygen atoms in total. The molecular weight excluding hydrogens is 88.1 g/mol. The highest BCUT2D eigenvalue weighted by Crippen LogP contribution is 2.32. The summed E-state index contributed by atoms with van der Waals surface area (Å²) in [6.07, 6.45) is 4.89. The van der Waals surface area contributed by atoms with Gasteiger partial charge in [-0.25, -0.2) is 0 Å². The van der Waals surface area contributed by atoms with E-state index in [0.717, 1.165) is 13.0 Å². The highest BCUT2D eigenvalue weighted by molar-refractivity contribution is 4.94. The minimum atomic E-state index is 0.926. The first kappa shape index (κ1) is 5.10. The topological polar surface area (TPSA) is 9.23 Å². The van der Waals surface area contributed by atoms with Gasteiger partial charge in [0.1, 0.15) is 0 Å². The maximum Gasteiger partial charge on any atom is 0.0972 e. The lowest BCUT2D eigenvalue weighted by atomic mass is 10.5. The van der Waals surface area contributed by atoms with Crippen LogP contribution in [0, 0.1) is 6.10 Å². The van der Waals surface area contributed by atoms with E-state index in [9.17, 15) is 0 Å². The SMILES string of the molecule is CCCO[C]1CC1. The smallest absolute Gasteiger partial charge is 0.0972 e. The van der Waals surface area contributed by atoms with Crippen molar-refractivity contribution < 1.29 is 4.74 Å². The monoisotopic (exact) mass is 99.1 g/mol. The van der Waals surface area contributed by atoms with Crippen LogP contribution in [0.1, 0.15) is 26.2 Å². The Hall–Kier alpha value is -0.0400. The number of hydrogen-bond acceptors (Lipinski definition) is 1. The number of rotatable bonds is 3. The Morgan fingerprint density at radius 1 is 1.57 bits per heavy atom. The first-order valence-electron chi connectivity index (χ1n) is 2.91. The molecule has 0 N–H and O–H groups in total. The molecule has 0 spiro atoms. The van der Waals surface area contributed by atoms with Crippen molar-refractivity contribution in [3.05, 3.63) is 6.10 Å². The molecule has 1 fully saturated rings. The molecule has 0 atom stereocenters. The third kappa shape index (κ3) is 1.93. The van der Waals surface area contributed by atoms with E-state index in [1.165, 1.54) is 18.9 Å². The van der Waals surface area contributed by atoms with Gasteiger partial charge in [-0.15, -0.1) is 0 Å². The van der Waals surface area contributed by atoms with Crippen LogP contribution in [0.3, 0.4) is 0 Å². The van der Waals surface area contributed by atoms with Crippen molar-refractivity contribution in [1.82, 2.24) is 0 Å². The van der Waals surface area contributed by atoms with Gasteiger partial charge in [0.25, 0.3) is 0 Å². The zero-order valence-electron chi connectivity index (χ0n) is 4.74. The predicted molar refractivity (Wildman–Crippen MR) is 28.7 cm³/mol. The van der Waals surface area contributed by atoms with E-state index in [-0.39, 0.29) is 0 Å². The molecule has 0 bridgehead atoms. The molecule has 0 heterocycles. The molecule has 7 heavy (non-hydrogen) atoms. The van der Waals surface area contributed by atoms with Crippen molar-refractivity contribution in [3.8, 4) is 0 Å². The van der Waals surface area contributed by atoms with Gasteiger partial charge in [0.05, 0.1) is 6.10 Å². The molecule has 1 radical (unpaired) electrons. The Labute approximate surface area is 44.7 Å². The fraction of sp³-hybridized carbons (Fsp3) is 0.833. The summed E-state index contributed by atoms with van der Waals surface area (Å²) < 4.78 is 5.22. The minimum absolute atomic E-state index is 0.926. The van der Waals surface area contributed by atoms with E-state index in [4.69, 9.17) is 4.74 Å². The highest BCUT2D eigenvalue weighted by atomic mass is 16.5. The lowest BCUT2D eigenvalue weighted by molar-refractivity contribution is 0.187. The van der Waals surface area contributed by atoms with Crippen molar-refractivity contribution >= 4 is 0 Å². The van der Waals surface area contributed by atoms with Crippen LogP contribution in [0.4, 0.5) is 0 Å². The van der Waals surface area contributed by atoms with E-state index in [1.54, 1.807) is 0 Å². The highest BCUT2D eigenvalue weighted by Gasteiger charge is 2.22. The summed E-state index contributed by atoms with van der Waals surface area (Å²) in [6.45, 7) is 3.05. The molecule has 0 aromatic heterocycles. The third-order valence-corrected chi connectivity index (χ3v) is 0.964. The molecule has 41 valence electrons. The van der Waals surface area contributed by atoms with Crippen LogP contribution in [0.5, 0.6) is 0 Å². The molecule has 0 amide bonds. The van der Waals surface area contributed by atoms with E-state index < -0.39 is 0 Å². The largest absolute Gasteiger partial charge is 0.372 e. The Bertz CT molecular complexity index is 48.1. The number of ether oxygens (including phenoxy) is 1. The lowest BCUT2D eigenvalue weighted by Gasteiger charge is -1.93. The normalized spacial score (nSPS) is 20.1. The predicted octanol–water partition coefficient (Wildman–Crippen LogP) is 1.74. The zero-order chi connectivity index (χ0) is 5.11. The van der Waals surface area contributed by atoms with E-state index >= 15 is 0 Å². The molecule has 1 aliphatic rings. The van der Waals surface area contributed by atoms with Crippen LogP contribution in [-0.2, 0) is 4.74 Å². The second-order valence-electron chi connectivity index (χ2n) is 1.89. The summed E-state index contributed by atoms with van der Waals surface area (Å²) in [5.74, 6) is 0. The molecule has 1 saturated carbocycles. The van der Waals surface area contributed by atoms with Crippen molar-refractivity contribution in [2.24, 2.45) is 0 Å². The van der Waals surface area contributed by atoms with Gasteiger partial charge in [-0.2, -0.15) is 0 Å². The summed E-state index contributed by atoms with van der Waals surface area (Å²) in [4.78, 5) is 0. The molecule has 0 unspecified atom stereocenters. The summed E-state index contributed by atoms with van der Waals surface area (Å²) in [6, 6.07) is 0. The van der Waals surface area contributed by atoms with Gasteiger partial charge >= 0.3 is 0 Å². The lowest BCUT2D eigenvalue weighted by Crippen LogP contribution is -1.86. The molecular formula is C6H11O. The third-order valence-electron chi connectivity index (χ3n) is 0.964. The Morgan fingerprint density at radius 3 is 2.71 bits per heavy atom. The van der Waals surface area contributed by atoms with Crippen LogP contribution in [0.2, 0.25) is 0 Å². The zero-order valence-corrected chi connectivity index (χ0v) is 4.74. The number of hydrogen-bond donors (Lipinski definition) is 0. The van der Waals surface area contributed by atoms with Crippen LogP contribution in [0.15, 0.2) is 0 Å². The van der Waals surface area contributed by atoms with Crippen LogP contribution in [-0.4, -0.2) is 6.61 Å². The summed E-state index contributed by atoms with van der Waals surface area (Å²) in [5.41, 5.74) is 0. The van der Waals surface area contributed by atoms with E-state index in [2.05, 4.69) is 6.92 Å². The Balaban J connectivity index is 1.80. The molecule has 1 rings (SSSR count). The fourth-order valence-corrected chi connectivity index (χ4v) is 0.442. The van der Waals surface area contributed by atoms with Crippen molar-refractivity contribution in [2.75, 3.05) is 6.61 Å². The molecule has 0 aliphatic heterocycles. The van der Waals surface area contributed by atoms with Crippen LogP contribution >= 0.6 is 0 Å². The van der Waals surface area contributed by atoms with Gasteiger partial charge < -0.3 is 4.74 Å². The molecule has 0 aromatic carbocycles. The maximum absolute atomic E-state index is 5.22. The first-order valence-corrected chi connectivity index (χ1v) is 2.91. The average molecular weight is 99.2 g/mol. The van der Waals surface area contributed by atoms with Gasteiger partial charge in [0.2, 0.25) is 0 Å². The second-order valence-corrected chi connectivity index (χ2v) is 1.89. The summed E-state index contributed by atoms with van der Waals surface area (Å²) in [7, 11) is 0. The summed E-state index contributed by atoms with van der Waals surface area (Å²) >= 11 is 0.